The standard InChI is InChI=1S/C28H24F4N4O3/c1-4-6-17(13-21(26(37)34-3)18-9-11-20(29)12-10-18)15-36-16-35-25(28(2,31)32)24(27(36)38)39-22-8-5-7-19(14-33)23(22)30/h5-13,16H,4,15H2,1-3H3,(H,34,37)/b17-6-,21-13-. The van der Waals surface area contributed by atoms with Gasteiger partial charge >= 0.3 is 0 Å². The molecule has 0 spiro atoms. The molecule has 202 valence electrons. The first-order chi connectivity index (χ1) is 18.5. The summed E-state index contributed by atoms with van der Waals surface area (Å²) in [5.74, 6) is -7.22. The quantitative estimate of drug-likeness (QED) is 0.221. The lowest BCUT2D eigenvalue weighted by Gasteiger charge is -2.17. The summed E-state index contributed by atoms with van der Waals surface area (Å²) in [6.07, 6.45) is 4.58. The van der Waals surface area contributed by atoms with Gasteiger partial charge in [0.15, 0.2) is 17.3 Å². The molecule has 0 radical (unpaired) electrons. The van der Waals surface area contributed by atoms with E-state index in [9.17, 15) is 27.2 Å². The Morgan fingerprint density at radius 1 is 1.21 bits per heavy atom. The second-order valence-electron chi connectivity index (χ2n) is 8.41. The Morgan fingerprint density at radius 3 is 2.49 bits per heavy atom. The number of amides is 1. The van der Waals surface area contributed by atoms with E-state index >= 15 is 0 Å². The van der Waals surface area contributed by atoms with Crippen LogP contribution in [0.1, 0.15) is 37.1 Å². The Morgan fingerprint density at radius 2 is 1.90 bits per heavy atom. The van der Waals surface area contributed by atoms with Crippen molar-refractivity contribution in [3.8, 4) is 17.6 Å². The summed E-state index contributed by atoms with van der Waals surface area (Å²) >= 11 is 0. The number of hydrogen-bond acceptors (Lipinski definition) is 5. The maximum Gasteiger partial charge on any atom is 0.297 e. The number of likely N-dealkylation sites (N-methyl/N-ethyl adjacent to an activating group) is 1. The Bertz CT molecular complexity index is 1530. The van der Waals surface area contributed by atoms with E-state index in [0.29, 0.717) is 24.5 Å². The number of nitrogens with zero attached hydrogens (tertiary/aromatic N) is 3. The molecule has 0 saturated carbocycles. The number of hydrogen-bond donors (Lipinski definition) is 1. The highest BCUT2D eigenvalue weighted by Crippen LogP contribution is 2.34. The molecule has 3 rings (SSSR count). The van der Waals surface area contributed by atoms with Gasteiger partial charge in [0.05, 0.1) is 18.4 Å². The average molecular weight is 541 g/mol. The van der Waals surface area contributed by atoms with E-state index in [2.05, 4.69) is 10.3 Å². The monoisotopic (exact) mass is 540 g/mol. The number of rotatable bonds is 9. The molecular weight excluding hydrogens is 516 g/mol. The van der Waals surface area contributed by atoms with Gasteiger partial charge in [-0.05, 0) is 47.9 Å². The van der Waals surface area contributed by atoms with Crippen molar-refractivity contribution in [2.45, 2.75) is 32.7 Å². The van der Waals surface area contributed by atoms with Crippen LogP contribution >= 0.6 is 0 Å². The number of carbonyl (C=O) groups excluding carboxylic acids is 1. The number of aromatic nitrogens is 2. The lowest BCUT2D eigenvalue weighted by molar-refractivity contribution is -0.115. The molecule has 3 aromatic rings. The van der Waals surface area contributed by atoms with Crippen LogP contribution in [0.15, 0.2) is 71.3 Å². The minimum absolute atomic E-state index is 0.168. The van der Waals surface area contributed by atoms with Crippen molar-refractivity contribution in [3.63, 3.8) is 0 Å². The third-order valence-corrected chi connectivity index (χ3v) is 5.48. The maximum absolute atomic E-state index is 14.6. The molecule has 0 unspecified atom stereocenters. The van der Waals surface area contributed by atoms with Crippen LogP contribution in [0.2, 0.25) is 0 Å². The molecule has 0 aliphatic rings. The zero-order chi connectivity index (χ0) is 28.7. The van der Waals surface area contributed by atoms with Crippen molar-refractivity contribution in [2.75, 3.05) is 7.05 Å². The molecule has 1 N–H and O–H groups in total. The van der Waals surface area contributed by atoms with Crippen LogP contribution in [0, 0.1) is 23.0 Å². The molecule has 0 bridgehead atoms. The molecule has 0 fully saturated rings. The highest BCUT2D eigenvalue weighted by Gasteiger charge is 2.34. The molecule has 2 aromatic carbocycles. The fraction of sp³-hybridized carbons (Fsp3) is 0.214. The Balaban J connectivity index is 2.12. The smallest absolute Gasteiger partial charge is 0.297 e. The van der Waals surface area contributed by atoms with Gasteiger partial charge in [-0.1, -0.05) is 31.2 Å². The van der Waals surface area contributed by atoms with E-state index < -0.39 is 51.8 Å². The number of ether oxygens (including phenoxy) is 1. The molecule has 7 nitrogen and oxygen atoms in total. The van der Waals surface area contributed by atoms with Gasteiger partial charge in [-0.3, -0.25) is 14.2 Å². The minimum Gasteiger partial charge on any atom is -0.446 e. The van der Waals surface area contributed by atoms with E-state index in [0.717, 1.165) is 17.0 Å². The number of allylic oxidation sites excluding steroid dienone is 3. The predicted octanol–water partition coefficient (Wildman–Crippen LogP) is 5.46. The number of alkyl halides is 2. The maximum atomic E-state index is 14.6. The Labute approximate surface area is 221 Å². The second-order valence-corrected chi connectivity index (χ2v) is 8.41. The zero-order valence-electron chi connectivity index (χ0n) is 21.3. The van der Waals surface area contributed by atoms with Gasteiger partial charge in [0.2, 0.25) is 5.75 Å². The zero-order valence-corrected chi connectivity index (χ0v) is 21.3. The van der Waals surface area contributed by atoms with E-state index in [1.165, 1.54) is 49.5 Å². The van der Waals surface area contributed by atoms with Crippen molar-refractivity contribution in [1.82, 2.24) is 14.9 Å². The van der Waals surface area contributed by atoms with Gasteiger partial charge < -0.3 is 10.1 Å². The molecule has 0 aliphatic carbocycles. The van der Waals surface area contributed by atoms with Crippen molar-refractivity contribution in [1.29, 1.82) is 5.26 Å². The topological polar surface area (TPSA) is 97.0 Å². The van der Waals surface area contributed by atoms with Crippen LogP contribution in [0.3, 0.4) is 0 Å². The van der Waals surface area contributed by atoms with Crippen LogP contribution in [-0.4, -0.2) is 22.5 Å². The summed E-state index contributed by atoms with van der Waals surface area (Å²) in [5, 5.41) is 11.6. The van der Waals surface area contributed by atoms with Crippen molar-refractivity contribution < 1.29 is 27.1 Å². The van der Waals surface area contributed by atoms with Crippen LogP contribution in [0.25, 0.3) is 5.57 Å². The normalized spacial score (nSPS) is 12.2. The summed E-state index contributed by atoms with van der Waals surface area (Å²) in [5.41, 5.74) is -1.45. The summed E-state index contributed by atoms with van der Waals surface area (Å²) < 4.78 is 63.0. The van der Waals surface area contributed by atoms with E-state index in [4.69, 9.17) is 10.00 Å². The van der Waals surface area contributed by atoms with Crippen LogP contribution in [0.5, 0.6) is 11.5 Å². The van der Waals surface area contributed by atoms with Gasteiger partial charge in [-0.15, -0.1) is 0 Å². The van der Waals surface area contributed by atoms with Gasteiger partial charge in [0.25, 0.3) is 17.4 Å². The van der Waals surface area contributed by atoms with E-state index in [1.54, 1.807) is 12.1 Å². The minimum atomic E-state index is -3.62. The molecule has 39 heavy (non-hydrogen) atoms. The second kappa shape index (κ2) is 12.2. The van der Waals surface area contributed by atoms with Gasteiger partial charge in [-0.2, -0.15) is 14.0 Å². The van der Waals surface area contributed by atoms with Crippen molar-refractivity contribution >= 4 is 11.5 Å². The first-order valence-electron chi connectivity index (χ1n) is 11.7. The molecule has 1 amide bonds. The van der Waals surface area contributed by atoms with Crippen LogP contribution < -0.4 is 15.6 Å². The molecule has 1 heterocycles. The Hall–Kier alpha value is -4.72. The van der Waals surface area contributed by atoms with Crippen molar-refractivity contribution in [3.05, 3.63) is 105 Å². The molecule has 0 atom stereocenters. The molecular formula is C28H24F4N4O3. The molecule has 1 aromatic heterocycles. The highest BCUT2D eigenvalue weighted by molar-refractivity contribution is 6.19. The van der Waals surface area contributed by atoms with E-state index in [1.807, 2.05) is 6.92 Å². The highest BCUT2D eigenvalue weighted by atomic mass is 19.3. The first kappa shape index (κ1) is 28.8. The average Bonchev–Trinajstić information content (AvgIpc) is 2.90. The van der Waals surface area contributed by atoms with Crippen LogP contribution in [-0.2, 0) is 17.3 Å². The number of halogens is 4. The SMILES string of the molecule is CC/C=C(/C=C(\C(=O)NC)c1ccc(F)cc1)Cn1cnc(C(C)(F)F)c(Oc2cccc(C#N)c2F)c1=O. The van der Waals surface area contributed by atoms with Crippen molar-refractivity contribution in [2.24, 2.45) is 0 Å². The van der Waals surface area contributed by atoms with Gasteiger partial charge in [0, 0.05) is 19.5 Å². The molecule has 0 saturated heterocycles. The van der Waals surface area contributed by atoms with Crippen LogP contribution in [0.4, 0.5) is 17.6 Å². The predicted molar refractivity (Wildman–Crippen MR) is 136 cm³/mol. The van der Waals surface area contributed by atoms with E-state index in [-0.39, 0.29) is 12.1 Å². The van der Waals surface area contributed by atoms with Gasteiger partial charge in [-0.25, -0.2) is 13.8 Å². The number of benzene rings is 2. The summed E-state index contributed by atoms with van der Waals surface area (Å²) in [7, 11) is 1.42. The first-order valence-corrected chi connectivity index (χ1v) is 11.7. The lowest BCUT2D eigenvalue weighted by Crippen LogP contribution is -2.27. The van der Waals surface area contributed by atoms with Gasteiger partial charge in [0.1, 0.15) is 11.9 Å². The number of nitriles is 1. The third kappa shape index (κ3) is 6.78. The summed E-state index contributed by atoms with van der Waals surface area (Å²) in [6, 6.07) is 10.4. The summed E-state index contributed by atoms with van der Waals surface area (Å²) in [6.45, 7) is 2.11. The fourth-order valence-electron chi connectivity index (χ4n) is 3.63. The molecule has 11 heteroatoms. The number of nitrogens with one attached hydrogen (secondary N) is 1. The number of carbonyl (C=O) groups is 1. The largest absolute Gasteiger partial charge is 0.446 e. The fourth-order valence-corrected chi connectivity index (χ4v) is 3.63. The Kier molecular flexibility index (Phi) is 9.04. The lowest BCUT2D eigenvalue weighted by atomic mass is 10.0. The molecule has 0 aliphatic heterocycles. The third-order valence-electron chi connectivity index (χ3n) is 5.48. The summed E-state index contributed by atoms with van der Waals surface area (Å²) in [4.78, 5) is 29.7.